The van der Waals surface area contributed by atoms with Gasteiger partial charge in [0.2, 0.25) is 5.91 Å². The van der Waals surface area contributed by atoms with E-state index in [4.69, 9.17) is 4.74 Å². The SMILES string of the molecule is COC(=O)C1(NC(=O)CCn2cnc3ccc(Br)cc3c2=O)CCCC1. The number of ether oxygens (including phenoxy) is 1. The number of aryl methyl sites for hydroxylation is 1. The topological polar surface area (TPSA) is 90.3 Å². The summed E-state index contributed by atoms with van der Waals surface area (Å²) in [5.74, 6) is -0.684. The lowest BCUT2D eigenvalue weighted by Gasteiger charge is -2.27. The van der Waals surface area contributed by atoms with Crippen molar-refractivity contribution in [3.05, 3.63) is 39.4 Å². The number of nitrogens with one attached hydrogen (secondary N) is 1. The summed E-state index contributed by atoms with van der Waals surface area (Å²) >= 11 is 3.34. The highest BCUT2D eigenvalue weighted by Crippen LogP contribution is 2.30. The Balaban J connectivity index is 1.71. The molecule has 0 aliphatic heterocycles. The monoisotopic (exact) mass is 421 g/mol. The van der Waals surface area contributed by atoms with Crippen molar-refractivity contribution in [2.45, 2.75) is 44.2 Å². The maximum atomic E-state index is 12.6. The summed E-state index contributed by atoms with van der Waals surface area (Å²) in [6.45, 7) is 0.192. The molecule has 0 bridgehead atoms. The van der Waals surface area contributed by atoms with E-state index in [1.807, 2.05) is 6.07 Å². The van der Waals surface area contributed by atoms with Crippen LogP contribution in [0.15, 0.2) is 33.8 Å². The molecule has 1 aliphatic carbocycles. The predicted molar refractivity (Wildman–Crippen MR) is 99.7 cm³/mol. The molecule has 2 aromatic rings. The molecule has 1 saturated carbocycles. The van der Waals surface area contributed by atoms with E-state index in [0.717, 1.165) is 17.3 Å². The van der Waals surface area contributed by atoms with Gasteiger partial charge in [-0.3, -0.25) is 14.2 Å². The highest BCUT2D eigenvalue weighted by molar-refractivity contribution is 9.10. The minimum atomic E-state index is -0.927. The number of carbonyl (C=O) groups is 2. The van der Waals surface area contributed by atoms with Crippen molar-refractivity contribution >= 4 is 38.7 Å². The van der Waals surface area contributed by atoms with Crippen LogP contribution in [0.3, 0.4) is 0 Å². The van der Waals surface area contributed by atoms with Crippen molar-refractivity contribution in [1.29, 1.82) is 0 Å². The number of hydrogen-bond donors (Lipinski definition) is 1. The number of amides is 1. The Morgan fingerprint density at radius 1 is 1.35 bits per heavy atom. The molecule has 1 fully saturated rings. The van der Waals surface area contributed by atoms with Gasteiger partial charge in [0, 0.05) is 17.4 Å². The third-order valence-corrected chi connectivity index (χ3v) is 5.27. The number of rotatable bonds is 5. The molecule has 0 unspecified atom stereocenters. The largest absolute Gasteiger partial charge is 0.467 e. The predicted octanol–water partition coefficient (Wildman–Crippen LogP) is 2.15. The van der Waals surface area contributed by atoms with Crippen molar-refractivity contribution in [2.75, 3.05) is 7.11 Å². The molecule has 1 heterocycles. The number of nitrogens with zero attached hydrogens (tertiary/aromatic N) is 2. The van der Waals surface area contributed by atoms with Gasteiger partial charge in [-0.05, 0) is 31.0 Å². The Kier molecular flexibility index (Phi) is 5.41. The number of carbonyl (C=O) groups excluding carboxylic acids is 2. The lowest BCUT2D eigenvalue weighted by atomic mass is 9.97. The van der Waals surface area contributed by atoms with Gasteiger partial charge >= 0.3 is 5.97 Å². The molecule has 1 aromatic heterocycles. The van der Waals surface area contributed by atoms with E-state index in [-0.39, 0.29) is 24.4 Å². The number of hydrogen-bond acceptors (Lipinski definition) is 5. The highest BCUT2D eigenvalue weighted by Gasteiger charge is 2.43. The smallest absolute Gasteiger partial charge is 0.331 e. The average molecular weight is 422 g/mol. The summed E-state index contributed by atoms with van der Waals surface area (Å²) in [4.78, 5) is 41.2. The van der Waals surface area contributed by atoms with Gasteiger partial charge in [-0.15, -0.1) is 0 Å². The molecule has 0 atom stereocenters. The quantitative estimate of drug-likeness (QED) is 0.746. The van der Waals surface area contributed by atoms with Crippen LogP contribution in [0.5, 0.6) is 0 Å². The number of benzene rings is 1. The second-order valence-corrected chi connectivity index (χ2v) is 7.40. The Morgan fingerprint density at radius 2 is 2.08 bits per heavy atom. The van der Waals surface area contributed by atoms with Crippen LogP contribution in [0.4, 0.5) is 0 Å². The first-order valence-electron chi connectivity index (χ1n) is 8.49. The third kappa shape index (κ3) is 3.65. The zero-order valence-corrected chi connectivity index (χ0v) is 16.0. The van der Waals surface area contributed by atoms with E-state index in [9.17, 15) is 14.4 Å². The molecule has 1 N–H and O–H groups in total. The lowest BCUT2D eigenvalue weighted by molar-refractivity contribution is -0.150. The summed E-state index contributed by atoms with van der Waals surface area (Å²) in [6, 6.07) is 5.30. The van der Waals surface area contributed by atoms with Gasteiger partial charge < -0.3 is 10.1 Å². The van der Waals surface area contributed by atoms with Gasteiger partial charge in [-0.25, -0.2) is 9.78 Å². The second-order valence-electron chi connectivity index (χ2n) is 6.48. The molecule has 26 heavy (non-hydrogen) atoms. The van der Waals surface area contributed by atoms with Gasteiger partial charge in [0.1, 0.15) is 5.54 Å². The fourth-order valence-electron chi connectivity index (χ4n) is 3.40. The van der Waals surface area contributed by atoms with Crippen molar-refractivity contribution in [1.82, 2.24) is 14.9 Å². The van der Waals surface area contributed by atoms with Crippen LogP contribution in [0.2, 0.25) is 0 Å². The normalized spacial score (nSPS) is 15.8. The molecule has 3 rings (SSSR count). The molecule has 1 aromatic carbocycles. The number of methoxy groups -OCH3 is 1. The molecule has 0 radical (unpaired) electrons. The van der Waals surface area contributed by atoms with Crippen molar-refractivity contribution < 1.29 is 14.3 Å². The molecule has 0 saturated heterocycles. The summed E-state index contributed by atoms with van der Waals surface area (Å²) in [7, 11) is 1.33. The molecule has 1 aliphatic rings. The van der Waals surface area contributed by atoms with Crippen LogP contribution in [-0.4, -0.2) is 34.1 Å². The molecule has 138 valence electrons. The van der Waals surface area contributed by atoms with Crippen LogP contribution in [0, 0.1) is 0 Å². The molecule has 0 spiro atoms. The van der Waals surface area contributed by atoms with Crippen LogP contribution in [0.1, 0.15) is 32.1 Å². The number of fused-ring (bicyclic) bond motifs is 1. The molecular weight excluding hydrogens is 402 g/mol. The third-order valence-electron chi connectivity index (χ3n) is 4.78. The number of aromatic nitrogens is 2. The lowest BCUT2D eigenvalue weighted by Crippen LogP contribution is -2.53. The van der Waals surface area contributed by atoms with Crippen molar-refractivity contribution in [2.24, 2.45) is 0 Å². The van der Waals surface area contributed by atoms with Crippen LogP contribution in [-0.2, 0) is 20.9 Å². The fraction of sp³-hybridized carbons (Fsp3) is 0.444. The maximum absolute atomic E-state index is 12.6. The van der Waals surface area contributed by atoms with Crippen LogP contribution in [0.25, 0.3) is 10.9 Å². The first kappa shape index (κ1) is 18.6. The van der Waals surface area contributed by atoms with E-state index in [2.05, 4.69) is 26.2 Å². The fourth-order valence-corrected chi connectivity index (χ4v) is 3.76. The minimum Gasteiger partial charge on any atom is -0.467 e. The highest BCUT2D eigenvalue weighted by atomic mass is 79.9. The summed E-state index contributed by atoms with van der Waals surface area (Å²) in [5.41, 5.74) is -0.523. The van der Waals surface area contributed by atoms with E-state index < -0.39 is 11.5 Å². The number of esters is 1. The van der Waals surface area contributed by atoms with E-state index in [1.54, 1.807) is 12.1 Å². The van der Waals surface area contributed by atoms with Crippen LogP contribution >= 0.6 is 15.9 Å². The zero-order valence-electron chi connectivity index (χ0n) is 14.5. The molecule has 7 nitrogen and oxygen atoms in total. The standard InChI is InChI=1S/C18H20BrN3O4/c1-26-17(25)18(7-2-3-8-18)21-15(23)6-9-22-11-20-14-5-4-12(19)10-13(14)16(22)24/h4-5,10-11H,2-3,6-9H2,1H3,(H,21,23). The molecule has 8 heteroatoms. The average Bonchev–Trinajstić information content (AvgIpc) is 3.10. The van der Waals surface area contributed by atoms with Gasteiger partial charge in [0.05, 0.1) is 24.3 Å². The maximum Gasteiger partial charge on any atom is 0.331 e. The van der Waals surface area contributed by atoms with Crippen molar-refractivity contribution in [3.63, 3.8) is 0 Å². The number of halogens is 1. The Morgan fingerprint density at radius 3 is 2.77 bits per heavy atom. The molecular formula is C18H20BrN3O4. The summed E-state index contributed by atoms with van der Waals surface area (Å²) < 4.78 is 7.06. The van der Waals surface area contributed by atoms with Gasteiger partial charge in [0.15, 0.2) is 0 Å². The van der Waals surface area contributed by atoms with Gasteiger partial charge in [-0.1, -0.05) is 28.8 Å². The Bertz CT molecular complexity index is 903. The Hall–Kier alpha value is -2.22. The van der Waals surface area contributed by atoms with E-state index in [1.165, 1.54) is 18.0 Å². The first-order chi connectivity index (χ1) is 12.4. The second kappa shape index (κ2) is 7.57. The summed E-state index contributed by atoms with van der Waals surface area (Å²) in [5, 5.41) is 3.31. The van der Waals surface area contributed by atoms with Gasteiger partial charge in [0.25, 0.3) is 5.56 Å². The van der Waals surface area contributed by atoms with Crippen molar-refractivity contribution in [3.8, 4) is 0 Å². The summed E-state index contributed by atoms with van der Waals surface area (Å²) in [6.07, 6.45) is 4.43. The minimum absolute atomic E-state index is 0.0832. The molecule has 1 amide bonds. The van der Waals surface area contributed by atoms with E-state index in [0.29, 0.717) is 23.7 Å². The van der Waals surface area contributed by atoms with Crippen LogP contribution < -0.4 is 10.9 Å². The zero-order chi connectivity index (χ0) is 18.7. The van der Waals surface area contributed by atoms with E-state index >= 15 is 0 Å². The Labute approximate surface area is 158 Å². The van der Waals surface area contributed by atoms with Gasteiger partial charge in [-0.2, -0.15) is 0 Å². The first-order valence-corrected chi connectivity index (χ1v) is 9.29.